The first kappa shape index (κ1) is 17.8. The van der Waals surface area contributed by atoms with Crippen molar-refractivity contribution < 1.29 is 15.0 Å². The van der Waals surface area contributed by atoms with Gasteiger partial charge in [0.25, 0.3) is 0 Å². The molecule has 0 aliphatic rings. The standard InChI is InChI=1S/C20H16N4O3/c25-18-13-7-6-12-17(18)22-24-19(14-8-2-1-3-9-14)23-21-16-11-5-4-10-15(16)20(26)27/h1-13,22,25H,(H,26,27)/b23-21?,24-19-. The second-order valence-electron chi connectivity index (χ2n) is 5.45. The molecule has 7 heteroatoms. The molecule has 3 aromatic carbocycles. The number of phenols is 1. The van der Waals surface area contributed by atoms with Gasteiger partial charge in [-0.15, -0.1) is 10.2 Å². The minimum absolute atomic E-state index is 0.0434. The molecule has 0 saturated heterocycles. The zero-order chi connectivity index (χ0) is 19.1. The molecule has 27 heavy (non-hydrogen) atoms. The van der Waals surface area contributed by atoms with Crippen molar-refractivity contribution in [2.24, 2.45) is 15.3 Å². The molecule has 3 rings (SSSR count). The largest absolute Gasteiger partial charge is 0.506 e. The maximum atomic E-state index is 11.3. The Labute approximate surface area is 155 Å². The summed E-state index contributed by atoms with van der Waals surface area (Å²) in [4.78, 5) is 11.3. The quantitative estimate of drug-likeness (QED) is 0.202. The fourth-order valence-electron chi connectivity index (χ4n) is 2.26. The van der Waals surface area contributed by atoms with E-state index < -0.39 is 5.97 Å². The number of anilines is 1. The van der Waals surface area contributed by atoms with Crippen LogP contribution in [-0.2, 0) is 0 Å². The molecule has 0 aliphatic carbocycles. The molecule has 0 heterocycles. The second-order valence-corrected chi connectivity index (χ2v) is 5.45. The number of hydrogen-bond acceptors (Lipinski definition) is 5. The maximum absolute atomic E-state index is 11.3. The number of nitrogens with one attached hydrogen (secondary N) is 1. The van der Waals surface area contributed by atoms with E-state index in [1.54, 1.807) is 48.5 Å². The molecule has 0 aromatic heterocycles. The van der Waals surface area contributed by atoms with Crippen LogP contribution < -0.4 is 5.43 Å². The Kier molecular flexibility index (Phi) is 5.54. The van der Waals surface area contributed by atoms with Gasteiger partial charge in [0.1, 0.15) is 11.4 Å². The van der Waals surface area contributed by atoms with Crippen LogP contribution in [0.5, 0.6) is 5.75 Å². The van der Waals surface area contributed by atoms with E-state index >= 15 is 0 Å². The van der Waals surface area contributed by atoms with Crippen LogP contribution in [0.25, 0.3) is 0 Å². The summed E-state index contributed by atoms with van der Waals surface area (Å²) in [6.07, 6.45) is 0. The summed E-state index contributed by atoms with van der Waals surface area (Å²) in [5, 5.41) is 31.5. The SMILES string of the molecule is O=C(O)c1ccccc1N=N/C(=N\Nc1ccccc1O)c1ccccc1. The molecule has 0 spiro atoms. The average molecular weight is 360 g/mol. The molecule has 0 unspecified atom stereocenters. The van der Waals surface area contributed by atoms with Crippen LogP contribution in [0.4, 0.5) is 11.4 Å². The highest BCUT2D eigenvalue weighted by molar-refractivity contribution is 6.00. The van der Waals surface area contributed by atoms with Crippen molar-refractivity contribution in [3.63, 3.8) is 0 Å². The molecule has 0 saturated carbocycles. The molecular formula is C20H16N4O3. The fraction of sp³-hybridized carbons (Fsp3) is 0. The van der Waals surface area contributed by atoms with Gasteiger partial charge in [-0.2, -0.15) is 5.10 Å². The normalized spacial score (nSPS) is 11.5. The molecule has 0 fully saturated rings. The second kappa shape index (κ2) is 8.39. The summed E-state index contributed by atoms with van der Waals surface area (Å²) >= 11 is 0. The molecule has 3 aromatic rings. The Morgan fingerprint density at radius 3 is 2.26 bits per heavy atom. The van der Waals surface area contributed by atoms with E-state index in [1.807, 2.05) is 18.2 Å². The predicted molar refractivity (Wildman–Crippen MR) is 103 cm³/mol. The number of aromatic carboxylic acids is 1. The van der Waals surface area contributed by atoms with E-state index in [-0.39, 0.29) is 22.8 Å². The first-order valence-corrected chi connectivity index (χ1v) is 8.06. The minimum Gasteiger partial charge on any atom is -0.506 e. The van der Waals surface area contributed by atoms with Crippen molar-refractivity contribution in [1.29, 1.82) is 0 Å². The lowest BCUT2D eigenvalue weighted by Gasteiger charge is -2.05. The number of hydrogen-bond donors (Lipinski definition) is 3. The van der Waals surface area contributed by atoms with Crippen LogP contribution in [0.2, 0.25) is 0 Å². The van der Waals surface area contributed by atoms with Gasteiger partial charge in [-0.25, -0.2) is 4.79 Å². The third-order valence-electron chi connectivity index (χ3n) is 3.61. The number of nitrogens with zero attached hydrogens (tertiary/aromatic N) is 3. The number of rotatable bonds is 5. The van der Waals surface area contributed by atoms with Crippen LogP contribution in [0, 0.1) is 0 Å². The summed E-state index contributed by atoms with van der Waals surface area (Å²) in [6, 6.07) is 22.1. The molecular weight excluding hydrogens is 344 g/mol. The molecule has 0 bridgehead atoms. The van der Waals surface area contributed by atoms with Crippen LogP contribution in [0.3, 0.4) is 0 Å². The highest BCUT2D eigenvalue weighted by Gasteiger charge is 2.09. The molecule has 7 nitrogen and oxygen atoms in total. The van der Waals surface area contributed by atoms with Crippen molar-refractivity contribution in [3.05, 3.63) is 90.0 Å². The number of amidine groups is 1. The Morgan fingerprint density at radius 2 is 1.52 bits per heavy atom. The lowest BCUT2D eigenvalue weighted by Crippen LogP contribution is -2.01. The highest BCUT2D eigenvalue weighted by atomic mass is 16.4. The van der Waals surface area contributed by atoms with Crippen LogP contribution in [0.15, 0.2) is 94.2 Å². The number of carboxylic acids is 1. The molecule has 0 aliphatic heterocycles. The summed E-state index contributed by atoms with van der Waals surface area (Å²) in [7, 11) is 0. The Bertz CT molecular complexity index is 1000. The topological polar surface area (TPSA) is 107 Å². The van der Waals surface area contributed by atoms with E-state index in [0.717, 1.165) is 0 Å². The van der Waals surface area contributed by atoms with Gasteiger partial charge >= 0.3 is 5.97 Å². The van der Waals surface area contributed by atoms with Gasteiger partial charge in [0, 0.05) is 5.56 Å². The van der Waals surface area contributed by atoms with Crippen LogP contribution in [-0.4, -0.2) is 22.0 Å². The lowest BCUT2D eigenvalue weighted by molar-refractivity contribution is 0.0697. The van der Waals surface area contributed by atoms with E-state index in [4.69, 9.17) is 0 Å². The third kappa shape index (κ3) is 4.55. The number of carboxylic acid groups (broad SMARTS) is 1. The first-order chi connectivity index (χ1) is 13.1. The Balaban J connectivity index is 1.95. The Morgan fingerprint density at radius 1 is 0.852 bits per heavy atom. The number of aromatic hydroxyl groups is 1. The predicted octanol–water partition coefficient (Wildman–Crippen LogP) is 4.65. The monoisotopic (exact) mass is 360 g/mol. The van der Waals surface area contributed by atoms with Gasteiger partial charge < -0.3 is 10.2 Å². The van der Waals surface area contributed by atoms with Crippen molar-refractivity contribution in [2.75, 3.05) is 5.43 Å². The Hall–Kier alpha value is -4.00. The molecule has 0 radical (unpaired) electrons. The number of hydrazone groups is 1. The van der Waals surface area contributed by atoms with E-state index in [1.165, 1.54) is 12.1 Å². The first-order valence-electron chi connectivity index (χ1n) is 8.06. The molecule has 134 valence electrons. The summed E-state index contributed by atoms with van der Waals surface area (Å²) in [5.74, 6) is -0.809. The van der Waals surface area contributed by atoms with E-state index in [0.29, 0.717) is 11.3 Å². The van der Waals surface area contributed by atoms with Crippen LogP contribution in [0.1, 0.15) is 15.9 Å². The summed E-state index contributed by atoms with van der Waals surface area (Å²) in [6.45, 7) is 0. The van der Waals surface area contributed by atoms with Crippen molar-refractivity contribution >= 4 is 23.2 Å². The number of benzene rings is 3. The number of phenolic OH excluding ortho intramolecular Hbond substituents is 1. The summed E-state index contributed by atoms with van der Waals surface area (Å²) < 4.78 is 0. The van der Waals surface area contributed by atoms with Gasteiger partial charge in [-0.1, -0.05) is 54.6 Å². The van der Waals surface area contributed by atoms with Crippen LogP contribution >= 0.6 is 0 Å². The van der Waals surface area contributed by atoms with Gasteiger partial charge in [-0.05, 0) is 24.3 Å². The number of carbonyl (C=O) groups is 1. The maximum Gasteiger partial charge on any atom is 0.337 e. The molecule has 3 N–H and O–H groups in total. The zero-order valence-corrected chi connectivity index (χ0v) is 14.1. The minimum atomic E-state index is -1.09. The van der Waals surface area contributed by atoms with Gasteiger partial charge in [-0.3, -0.25) is 5.43 Å². The van der Waals surface area contributed by atoms with Crippen molar-refractivity contribution in [2.45, 2.75) is 0 Å². The zero-order valence-electron chi connectivity index (χ0n) is 14.1. The van der Waals surface area contributed by atoms with Crippen molar-refractivity contribution in [3.8, 4) is 5.75 Å². The van der Waals surface area contributed by atoms with Gasteiger partial charge in [0.05, 0.1) is 11.3 Å². The van der Waals surface area contributed by atoms with E-state index in [9.17, 15) is 15.0 Å². The van der Waals surface area contributed by atoms with E-state index in [2.05, 4.69) is 20.8 Å². The molecule has 0 atom stereocenters. The van der Waals surface area contributed by atoms with Gasteiger partial charge in [0.15, 0.2) is 0 Å². The highest BCUT2D eigenvalue weighted by Crippen LogP contribution is 2.22. The lowest BCUT2D eigenvalue weighted by atomic mass is 10.2. The average Bonchev–Trinajstić information content (AvgIpc) is 2.70. The third-order valence-corrected chi connectivity index (χ3v) is 3.61. The molecule has 0 amide bonds. The summed E-state index contributed by atoms with van der Waals surface area (Å²) in [5.41, 5.74) is 4.10. The smallest absolute Gasteiger partial charge is 0.337 e. The number of para-hydroxylation sites is 2. The van der Waals surface area contributed by atoms with Crippen molar-refractivity contribution in [1.82, 2.24) is 0 Å². The van der Waals surface area contributed by atoms with Gasteiger partial charge in [0.2, 0.25) is 5.84 Å². The fourth-order valence-corrected chi connectivity index (χ4v) is 2.26. The number of azo groups is 1.